The Balaban J connectivity index is 1.52. The number of carbonyl (C=O) groups is 1. The van der Waals surface area contributed by atoms with Crippen molar-refractivity contribution in [3.8, 4) is 0 Å². The molecule has 9 unspecified atom stereocenters. The molecule has 27 nitrogen and oxygen atoms in total. The monoisotopic (exact) mass is 926 g/mol. The van der Waals surface area contributed by atoms with E-state index < -0.39 is 198 Å². The summed E-state index contributed by atoms with van der Waals surface area (Å²) in [4.78, 5) is 12.1. The first-order chi connectivity index (χ1) is 29.8. The zero-order valence-corrected chi connectivity index (χ0v) is 34.4. The summed E-state index contributed by atoms with van der Waals surface area (Å²) in [6.45, 7) is -1.97. The number of hydrogen-bond donors (Lipinski definition) is 15. The van der Waals surface area contributed by atoms with Crippen LogP contribution in [-0.2, 0) is 56.9 Å². The third-order valence-corrected chi connectivity index (χ3v) is 12.1. The van der Waals surface area contributed by atoms with Crippen LogP contribution >= 0.6 is 0 Å². The SMILES string of the molecule is CO[C@@H]1OC(CO)[C@@H](O[C@@H]2OC(CO)[C@H](O[C@@H]3OC(CO)[C@H](O)[C@H](O[C@@H]4OC(CO)[C@H](O)[C@H](O)C4O)C3C)[C@H](O[C@]3(OC=O)C[C@@H](O)[C@@H](C)C([C@H](O)[C@H](O)CO)O3)C2O)[C@H](O)C1O. The number of carbonyl (C=O) groups excluding carboxylic acids is 1. The van der Waals surface area contributed by atoms with Gasteiger partial charge in [-0.1, -0.05) is 13.8 Å². The van der Waals surface area contributed by atoms with Crippen molar-refractivity contribution < 1.29 is 133 Å². The molecule has 63 heavy (non-hydrogen) atoms. The Morgan fingerprint density at radius 2 is 1.10 bits per heavy atom. The van der Waals surface area contributed by atoms with Crippen molar-refractivity contribution in [3.63, 3.8) is 0 Å². The van der Waals surface area contributed by atoms with Crippen molar-refractivity contribution in [1.82, 2.24) is 0 Å². The van der Waals surface area contributed by atoms with Gasteiger partial charge in [-0.3, -0.25) is 4.79 Å². The second-order valence-electron chi connectivity index (χ2n) is 16.2. The average molecular weight is 927 g/mol. The number of ether oxygens (including phenoxy) is 11. The first-order valence-electron chi connectivity index (χ1n) is 20.3. The van der Waals surface area contributed by atoms with Crippen LogP contribution in [0.25, 0.3) is 0 Å². The van der Waals surface area contributed by atoms with Crippen LogP contribution < -0.4 is 0 Å². The van der Waals surface area contributed by atoms with E-state index in [1.807, 2.05) is 0 Å². The molecule has 0 aliphatic carbocycles. The lowest BCUT2D eigenvalue weighted by atomic mass is 9.86. The Kier molecular flexibility index (Phi) is 18.7. The van der Waals surface area contributed by atoms with Gasteiger partial charge in [-0.25, -0.2) is 0 Å². The second kappa shape index (κ2) is 22.5. The lowest BCUT2D eigenvalue weighted by molar-refractivity contribution is -0.455. The molecule has 15 N–H and O–H groups in total. The molecular formula is C36H62O27. The Morgan fingerprint density at radius 1 is 0.587 bits per heavy atom. The van der Waals surface area contributed by atoms with Crippen LogP contribution in [0, 0.1) is 11.8 Å². The molecule has 5 saturated heterocycles. The van der Waals surface area contributed by atoms with Gasteiger partial charge in [0.15, 0.2) is 25.2 Å². The van der Waals surface area contributed by atoms with Crippen LogP contribution in [0.1, 0.15) is 20.3 Å². The Morgan fingerprint density at radius 3 is 1.68 bits per heavy atom. The summed E-state index contributed by atoms with van der Waals surface area (Å²) in [6, 6.07) is 0. The third-order valence-electron chi connectivity index (χ3n) is 12.1. The van der Waals surface area contributed by atoms with Crippen molar-refractivity contribution in [1.29, 1.82) is 0 Å². The Labute approximate surface area is 359 Å². The summed E-state index contributed by atoms with van der Waals surface area (Å²) in [5, 5.41) is 159. The minimum atomic E-state index is -2.80. The van der Waals surface area contributed by atoms with Gasteiger partial charge in [0, 0.05) is 18.9 Å². The molecule has 0 aromatic rings. The third kappa shape index (κ3) is 10.9. The normalized spacial score (nSPS) is 49.5. The lowest BCUT2D eigenvalue weighted by Crippen LogP contribution is -2.69. The molecule has 0 saturated carbocycles. The predicted octanol–water partition coefficient (Wildman–Crippen LogP) is -9.47. The van der Waals surface area contributed by atoms with E-state index in [4.69, 9.17) is 52.1 Å². The molecule has 0 radical (unpaired) electrons. The quantitative estimate of drug-likeness (QED) is 0.0448. The number of hydrogen-bond acceptors (Lipinski definition) is 27. The molecular weight excluding hydrogens is 864 g/mol. The maximum atomic E-state index is 12.1. The van der Waals surface area contributed by atoms with E-state index in [0.717, 1.165) is 7.11 Å². The van der Waals surface area contributed by atoms with Crippen molar-refractivity contribution in [3.05, 3.63) is 0 Å². The van der Waals surface area contributed by atoms with Gasteiger partial charge in [-0.2, -0.15) is 0 Å². The highest BCUT2D eigenvalue weighted by molar-refractivity contribution is 5.37. The molecule has 0 aromatic carbocycles. The molecule has 5 rings (SSSR count). The van der Waals surface area contributed by atoms with Crippen molar-refractivity contribution in [2.45, 2.75) is 167 Å². The molecule has 5 heterocycles. The van der Waals surface area contributed by atoms with Crippen LogP contribution in [0.15, 0.2) is 0 Å². The van der Waals surface area contributed by atoms with E-state index in [2.05, 4.69) is 0 Å². The minimum absolute atomic E-state index is 0.177. The summed E-state index contributed by atoms with van der Waals surface area (Å²) >= 11 is 0. The largest absolute Gasteiger partial charge is 0.410 e. The number of aliphatic hydroxyl groups excluding tert-OH is 15. The van der Waals surface area contributed by atoms with E-state index >= 15 is 0 Å². The zero-order valence-electron chi connectivity index (χ0n) is 34.4. The van der Waals surface area contributed by atoms with Crippen LogP contribution in [0.5, 0.6) is 0 Å². The van der Waals surface area contributed by atoms with Crippen LogP contribution in [0.4, 0.5) is 0 Å². The van der Waals surface area contributed by atoms with E-state index in [-0.39, 0.29) is 6.47 Å². The van der Waals surface area contributed by atoms with E-state index in [1.165, 1.54) is 13.8 Å². The van der Waals surface area contributed by atoms with Crippen molar-refractivity contribution in [2.24, 2.45) is 11.8 Å². The van der Waals surface area contributed by atoms with E-state index in [9.17, 15) is 81.4 Å². The summed E-state index contributed by atoms with van der Waals surface area (Å²) in [6.07, 6.45) is -41.2. The molecule has 0 bridgehead atoms. The highest BCUT2D eigenvalue weighted by atomic mass is 16.9. The smallest absolute Gasteiger partial charge is 0.332 e. The van der Waals surface area contributed by atoms with Crippen molar-refractivity contribution in [2.75, 3.05) is 40.1 Å². The first kappa shape index (κ1) is 52.4. The van der Waals surface area contributed by atoms with Gasteiger partial charge < -0.3 is 129 Å². The molecule has 0 aromatic heterocycles. The molecule has 5 aliphatic rings. The highest BCUT2D eigenvalue weighted by Crippen LogP contribution is 2.42. The lowest BCUT2D eigenvalue weighted by Gasteiger charge is -2.52. The molecule has 368 valence electrons. The maximum Gasteiger partial charge on any atom is 0.332 e. The molecule has 5 aliphatic heterocycles. The van der Waals surface area contributed by atoms with Gasteiger partial charge in [0.05, 0.1) is 57.8 Å². The van der Waals surface area contributed by atoms with E-state index in [1.54, 1.807) is 0 Å². The van der Waals surface area contributed by atoms with Gasteiger partial charge in [0.1, 0.15) is 97.7 Å². The summed E-state index contributed by atoms with van der Waals surface area (Å²) in [5.41, 5.74) is 0. The highest BCUT2D eigenvalue weighted by Gasteiger charge is 2.60. The molecule has 26 atom stereocenters. The first-order valence-corrected chi connectivity index (χ1v) is 20.3. The molecule has 27 heteroatoms. The van der Waals surface area contributed by atoms with Gasteiger partial charge in [0.25, 0.3) is 6.47 Å². The van der Waals surface area contributed by atoms with Crippen molar-refractivity contribution >= 4 is 6.47 Å². The van der Waals surface area contributed by atoms with Crippen LogP contribution in [-0.4, -0.2) is 270 Å². The fraction of sp³-hybridized carbons (Fsp3) is 0.972. The number of rotatable bonds is 18. The Hall–Kier alpha value is -1.53. The average Bonchev–Trinajstić information content (AvgIpc) is 3.27. The minimum Gasteiger partial charge on any atom is -0.410 e. The van der Waals surface area contributed by atoms with Gasteiger partial charge in [-0.05, 0) is 0 Å². The summed E-state index contributed by atoms with van der Waals surface area (Å²) in [7, 11) is 1.15. The molecule has 0 amide bonds. The van der Waals surface area contributed by atoms with Gasteiger partial charge in [-0.15, -0.1) is 0 Å². The summed E-state index contributed by atoms with van der Waals surface area (Å²) in [5.74, 6) is -5.06. The molecule has 0 spiro atoms. The van der Waals surface area contributed by atoms with Crippen LogP contribution in [0.3, 0.4) is 0 Å². The number of aliphatic hydroxyl groups is 15. The molecule has 5 fully saturated rings. The maximum absolute atomic E-state index is 12.1. The van der Waals surface area contributed by atoms with Gasteiger partial charge in [0.2, 0.25) is 0 Å². The van der Waals surface area contributed by atoms with E-state index in [0.29, 0.717) is 0 Å². The summed E-state index contributed by atoms with van der Waals surface area (Å²) < 4.78 is 63.1. The fourth-order valence-corrected chi connectivity index (χ4v) is 8.27. The Bertz CT molecular complexity index is 1400. The fourth-order valence-electron chi connectivity index (χ4n) is 8.27. The predicted molar refractivity (Wildman–Crippen MR) is 194 cm³/mol. The van der Waals surface area contributed by atoms with Gasteiger partial charge >= 0.3 is 5.97 Å². The second-order valence-corrected chi connectivity index (χ2v) is 16.2. The van der Waals surface area contributed by atoms with Crippen LogP contribution in [0.2, 0.25) is 0 Å². The number of methoxy groups -OCH3 is 1. The zero-order chi connectivity index (χ0) is 46.7. The standard InChI is InChI=1S/C36H62O27/c1-11-13(43)4-36(54-10-42,62-28(11)19(45)14(44)5-37)63-31-26(52)35(60-29-17(8-40)57-33(53-3)25(51)23(29)49)58-18(9-41)30(31)61-32-12(2)27(21(47)16(7-39)55-32)59-34-24(50)22(48)20(46)15(6-38)56-34/h10-35,37-41,43-52H,4-9H2,1-3H3/t11-,12?,13-,14-,15?,16?,17?,18?,19-,20+,21+,22+,23-,24?,25?,26?,27-,28?,29-,30+,31-,32+,33-,34+,35+,36+/m1/s1. The topological polar surface area (TPSA) is 422 Å².